The molecule has 148 valence electrons. The Balaban J connectivity index is 1.41. The van der Waals surface area contributed by atoms with Crippen molar-refractivity contribution in [1.29, 1.82) is 0 Å². The number of hydrogen-bond donors (Lipinski definition) is 0. The van der Waals surface area contributed by atoms with Crippen LogP contribution in [0.1, 0.15) is 41.7 Å². The summed E-state index contributed by atoms with van der Waals surface area (Å²) < 4.78 is 9.62. The third kappa shape index (κ3) is 4.07. The molecule has 2 aromatic rings. The third-order valence-electron chi connectivity index (χ3n) is 6.07. The molecule has 2 aromatic heterocycles. The summed E-state index contributed by atoms with van der Waals surface area (Å²) in [5.74, 6) is 2.64. The van der Waals surface area contributed by atoms with Gasteiger partial charge in [-0.3, -0.25) is 14.5 Å². The first-order chi connectivity index (χ1) is 13.1. The molecule has 1 atom stereocenters. The van der Waals surface area contributed by atoms with Crippen LogP contribution < -0.4 is 0 Å². The lowest BCUT2D eigenvalue weighted by molar-refractivity contribution is 0.0326. The van der Waals surface area contributed by atoms with Crippen LogP contribution in [0.25, 0.3) is 0 Å². The van der Waals surface area contributed by atoms with Gasteiger partial charge >= 0.3 is 0 Å². The average Bonchev–Trinajstić information content (AvgIpc) is 3.20. The van der Waals surface area contributed by atoms with Crippen molar-refractivity contribution < 1.29 is 4.74 Å². The van der Waals surface area contributed by atoms with Crippen molar-refractivity contribution in [3.8, 4) is 0 Å². The maximum atomic E-state index is 5.44. The minimum absolute atomic E-state index is 0.451. The van der Waals surface area contributed by atoms with Crippen LogP contribution in [0.2, 0.25) is 0 Å². The zero-order chi connectivity index (χ0) is 18.8. The highest BCUT2D eigenvalue weighted by Gasteiger charge is 2.27. The van der Waals surface area contributed by atoms with Crippen LogP contribution in [-0.4, -0.2) is 73.7 Å². The molecule has 0 spiro atoms. The summed E-state index contributed by atoms with van der Waals surface area (Å²) in [5, 5.41) is 13.5. The van der Waals surface area contributed by atoms with Crippen molar-refractivity contribution in [2.75, 3.05) is 39.4 Å². The van der Waals surface area contributed by atoms with Crippen molar-refractivity contribution in [1.82, 2.24) is 34.3 Å². The Morgan fingerprint density at radius 1 is 1.07 bits per heavy atom. The van der Waals surface area contributed by atoms with E-state index in [2.05, 4.69) is 43.6 Å². The monoisotopic (exact) mass is 373 g/mol. The van der Waals surface area contributed by atoms with Gasteiger partial charge in [-0.25, -0.2) is 0 Å². The van der Waals surface area contributed by atoms with Gasteiger partial charge in [0, 0.05) is 57.4 Å². The number of aryl methyl sites for hydroxylation is 1. The molecule has 2 aliphatic rings. The molecule has 0 aliphatic carbocycles. The Bertz CT molecular complexity index is 762. The molecular weight excluding hydrogens is 342 g/mol. The highest BCUT2D eigenvalue weighted by Crippen LogP contribution is 2.27. The minimum atomic E-state index is 0.451. The van der Waals surface area contributed by atoms with E-state index < -0.39 is 0 Å². The first-order valence-corrected chi connectivity index (χ1v) is 10.00. The largest absolute Gasteiger partial charge is 0.379 e. The number of piperidine rings is 1. The van der Waals surface area contributed by atoms with Crippen LogP contribution in [0.3, 0.4) is 0 Å². The smallest absolute Gasteiger partial charge is 0.146 e. The zero-order valence-corrected chi connectivity index (χ0v) is 16.8. The number of morpholine rings is 1. The van der Waals surface area contributed by atoms with Crippen LogP contribution in [0.15, 0.2) is 6.20 Å². The van der Waals surface area contributed by atoms with E-state index in [1.54, 1.807) is 0 Å². The average molecular weight is 374 g/mol. The number of rotatable bonds is 5. The number of aromatic nitrogens is 5. The molecule has 4 rings (SSSR count). The Morgan fingerprint density at radius 2 is 1.89 bits per heavy atom. The lowest BCUT2D eigenvalue weighted by Crippen LogP contribution is -2.36. The molecule has 4 heterocycles. The highest BCUT2D eigenvalue weighted by molar-refractivity contribution is 5.16. The fourth-order valence-corrected chi connectivity index (χ4v) is 4.18. The van der Waals surface area contributed by atoms with Crippen molar-refractivity contribution in [2.45, 2.75) is 38.8 Å². The second kappa shape index (κ2) is 8.08. The van der Waals surface area contributed by atoms with E-state index in [4.69, 9.17) is 4.74 Å². The number of hydrogen-bond acceptors (Lipinski definition) is 6. The minimum Gasteiger partial charge on any atom is -0.379 e. The van der Waals surface area contributed by atoms with E-state index in [1.807, 2.05) is 17.9 Å². The van der Waals surface area contributed by atoms with Crippen LogP contribution in [0.5, 0.6) is 0 Å². The molecule has 27 heavy (non-hydrogen) atoms. The fourth-order valence-electron chi connectivity index (χ4n) is 4.18. The van der Waals surface area contributed by atoms with E-state index in [0.29, 0.717) is 5.92 Å². The quantitative estimate of drug-likeness (QED) is 0.781. The molecule has 0 N–H and O–H groups in total. The van der Waals surface area contributed by atoms with Gasteiger partial charge in [0.1, 0.15) is 11.6 Å². The van der Waals surface area contributed by atoms with Gasteiger partial charge in [0.25, 0.3) is 0 Å². The summed E-state index contributed by atoms with van der Waals surface area (Å²) in [5.41, 5.74) is 2.58. The molecule has 2 saturated heterocycles. The summed E-state index contributed by atoms with van der Waals surface area (Å²) >= 11 is 0. The molecule has 0 bridgehead atoms. The first-order valence-electron chi connectivity index (χ1n) is 10.00. The summed E-state index contributed by atoms with van der Waals surface area (Å²) in [6, 6.07) is 0. The fraction of sp³-hybridized carbons (Fsp3) is 0.737. The van der Waals surface area contributed by atoms with E-state index in [9.17, 15) is 0 Å². The van der Waals surface area contributed by atoms with Crippen LogP contribution >= 0.6 is 0 Å². The Kier molecular flexibility index (Phi) is 5.56. The Morgan fingerprint density at radius 3 is 2.63 bits per heavy atom. The van der Waals surface area contributed by atoms with Gasteiger partial charge in [0.2, 0.25) is 0 Å². The van der Waals surface area contributed by atoms with Gasteiger partial charge in [-0.05, 0) is 26.3 Å². The number of nitrogens with zero attached hydrogens (tertiary/aromatic N) is 7. The van der Waals surface area contributed by atoms with E-state index in [0.717, 1.165) is 64.1 Å². The lowest BCUT2D eigenvalue weighted by atomic mass is 9.96. The molecule has 2 fully saturated rings. The molecular formula is C19H31N7O. The lowest BCUT2D eigenvalue weighted by Gasteiger charge is -2.32. The van der Waals surface area contributed by atoms with Gasteiger partial charge in [-0.15, -0.1) is 10.2 Å². The highest BCUT2D eigenvalue weighted by atomic mass is 16.5. The molecule has 0 radical (unpaired) electrons. The summed E-state index contributed by atoms with van der Waals surface area (Å²) in [6.45, 7) is 9.73. The van der Waals surface area contributed by atoms with Gasteiger partial charge < -0.3 is 9.30 Å². The van der Waals surface area contributed by atoms with Crippen LogP contribution in [0, 0.1) is 6.92 Å². The molecule has 0 aromatic carbocycles. The van der Waals surface area contributed by atoms with Crippen molar-refractivity contribution in [3.63, 3.8) is 0 Å². The van der Waals surface area contributed by atoms with E-state index in [1.165, 1.54) is 24.1 Å². The normalized spacial score (nSPS) is 22.4. The number of ether oxygens (including phenoxy) is 1. The molecule has 0 unspecified atom stereocenters. The molecule has 8 nitrogen and oxygen atoms in total. The SMILES string of the molecule is Cc1c(CN2CCC[C@H](c3nnc(CN4CCOCC4)n3C)C2)cnn1C. The number of likely N-dealkylation sites (tertiary alicyclic amines) is 1. The van der Waals surface area contributed by atoms with Gasteiger partial charge in [0.05, 0.1) is 26.0 Å². The predicted molar refractivity (Wildman–Crippen MR) is 102 cm³/mol. The zero-order valence-electron chi connectivity index (χ0n) is 16.8. The van der Waals surface area contributed by atoms with E-state index >= 15 is 0 Å². The molecule has 0 amide bonds. The molecule has 0 saturated carbocycles. The molecule has 2 aliphatic heterocycles. The molecule has 8 heteroatoms. The Labute approximate surface area is 161 Å². The van der Waals surface area contributed by atoms with Gasteiger partial charge in [-0.2, -0.15) is 5.10 Å². The summed E-state index contributed by atoms with van der Waals surface area (Å²) in [6.07, 6.45) is 4.39. The first kappa shape index (κ1) is 18.6. The maximum absolute atomic E-state index is 5.44. The maximum Gasteiger partial charge on any atom is 0.146 e. The summed E-state index contributed by atoms with van der Waals surface area (Å²) in [4.78, 5) is 4.93. The summed E-state index contributed by atoms with van der Waals surface area (Å²) in [7, 11) is 4.13. The van der Waals surface area contributed by atoms with Crippen molar-refractivity contribution >= 4 is 0 Å². The standard InChI is InChI=1S/C19H31N7O/c1-15-17(11-20-24(15)3)13-26-6-4-5-16(12-26)19-22-21-18(23(19)2)14-25-7-9-27-10-8-25/h11,16H,4-10,12-14H2,1-3H3/t16-/m0/s1. The second-order valence-electron chi connectivity index (χ2n) is 7.88. The van der Waals surface area contributed by atoms with Gasteiger partial charge in [0.15, 0.2) is 0 Å². The predicted octanol–water partition coefficient (Wildman–Crippen LogP) is 1.07. The van der Waals surface area contributed by atoms with Crippen molar-refractivity contribution in [2.24, 2.45) is 14.1 Å². The van der Waals surface area contributed by atoms with Gasteiger partial charge in [-0.1, -0.05) is 0 Å². The Hall–Kier alpha value is -1.77. The topological polar surface area (TPSA) is 64.2 Å². The van der Waals surface area contributed by atoms with Crippen LogP contribution in [0.4, 0.5) is 0 Å². The van der Waals surface area contributed by atoms with Crippen molar-refractivity contribution in [3.05, 3.63) is 29.1 Å². The third-order valence-corrected chi connectivity index (χ3v) is 6.07. The van der Waals surface area contributed by atoms with Crippen LogP contribution in [-0.2, 0) is 31.9 Å². The second-order valence-corrected chi connectivity index (χ2v) is 7.88. The van der Waals surface area contributed by atoms with E-state index in [-0.39, 0.29) is 0 Å².